The van der Waals surface area contributed by atoms with E-state index in [4.69, 9.17) is 23.2 Å². The second-order valence-corrected chi connectivity index (χ2v) is 11.6. The number of aryl methyl sites for hydroxylation is 1. The number of benzene rings is 2. The van der Waals surface area contributed by atoms with Gasteiger partial charge in [0.15, 0.2) is 0 Å². The summed E-state index contributed by atoms with van der Waals surface area (Å²) in [5, 5.41) is 3.09. The Labute approximate surface area is 218 Å². The van der Waals surface area contributed by atoms with E-state index in [-0.39, 0.29) is 34.1 Å². The van der Waals surface area contributed by atoms with Gasteiger partial charge in [0.25, 0.3) is 0 Å². The minimum Gasteiger partial charge on any atom is -0.354 e. The van der Waals surface area contributed by atoms with Crippen LogP contribution in [0.4, 0.5) is 5.69 Å². The lowest BCUT2D eigenvalue weighted by Crippen LogP contribution is -2.52. The number of halogens is 2. The zero-order valence-corrected chi connectivity index (χ0v) is 23.0. The highest BCUT2D eigenvalue weighted by Crippen LogP contribution is 2.33. The molecule has 2 aromatic carbocycles. The van der Waals surface area contributed by atoms with E-state index in [1.807, 2.05) is 52.0 Å². The van der Waals surface area contributed by atoms with Crippen molar-refractivity contribution < 1.29 is 18.0 Å². The molecule has 2 amide bonds. The summed E-state index contributed by atoms with van der Waals surface area (Å²) in [6.45, 7) is 7.82. The van der Waals surface area contributed by atoms with Crippen LogP contribution in [0.25, 0.3) is 0 Å². The summed E-state index contributed by atoms with van der Waals surface area (Å²) in [6.07, 6.45) is 1.35. The summed E-state index contributed by atoms with van der Waals surface area (Å²) in [5.74, 6) is -0.574. The fourth-order valence-corrected chi connectivity index (χ4v) is 4.81. The zero-order valence-electron chi connectivity index (χ0n) is 20.7. The smallest absolute Gasteiger partial charge is 0.244 e. The van der Waals surface area contributed by atoms with Crippen molar-refractivity contribution in [3.05, 3.63) is 63.6 Å². The SMILES string of the molecule is CC[C@@H](C(=O)NCC(C)C)N(Cc1ccc(C)cc1)C(=O)CN(c1cccc(Cl)c1Cl)S(C)(=O)=O. The highest BCUT2D eigenvalue weighted by atomic mass is 35.5. The number of carbonyl (C=O) groups is 2. The topological polar surface area (TPSA) is 86.8 Å². The lowest BCUT2D eigenvalue weighted by atomic mass is 10.1. The first-order valence-electron chi connectivity index (χ1n) is 11.4. The van der Waals surface area contributed by atoms with Crippen LogP contribution in [0.15, 0.2) is 42.5 Å². The highest BCUT2D eigenvalue weighted by Gasteiger charge is 2.32. The third-order valence-corrected chi connectivity index (χ3v) is 7.36. The molecule has 1 atom stereocenters. The molecule has 0 aliphatic carbocycles. The van der Waals surface area contributed by atoms with Crippen LogP contribution in [0, 0.1) is 12.8 Å². The number of hydrogen-bond acceptors (Lipinski definition) is 4. The van der Waals surface area contributed by atoms with Crippen molar-refractivity contribution in [2.75, 3.05) is 23.7 Å². The first kappa shape index (κ1) is 28.9. The van der Waals surface area contributed by atoms with E-state index in [2.05, 4.69) is 5.32 Å². The molecule has 2 aromatic rings. The Bertz CT molecular complexity index is 1140. The molecule has 0 aliphatic heterocycles. The average Bonchev–Trinajstić information content (AvgIpc) is 2.78. The Morgan fingerprint density at radius 1 is 1.06 bits per heavy atom. The van der Waals surface area contributed by atoms with Crippen molar-refractivity contribution >= 4 is 50.7 Å². The maximum atomic E-state index is 13.6. The molecule has 0 saturated carbocycles. The van der Waals surface area contributed by atoms with E-state index in [1.165, 1.54) is 17.0 Å². The van der Waals surface area contributed by atoms with Gasteiger partial charge in [-0.15, -0.1) is 0 Å². The zero-order chi connectivity index (χ0) is 26.3. The van der Waals surface area contributed by atoms with Crippen molar-refractivity contribution in [3.8, 4) is 0 Å². The summed E-state index contributed by atoms with van der Waals surface area (Å²) < 4.78 is 26.3. The number of nitrogens with one attached hydrogen (secondary N) is 1. The van der Waals surface area contributed by atoms with Crippen molar-refractivity contribution in [2.45, 2.75) is 46.7 Å². The quantitative estimate of drug-likeness (QED) is 0.448. The van der Waals surface area contributed by atoms with Crippen LogP contribution in [0.3, 0.4) is 0 Å². The number of nitrogens with zero attached hydrogens (tertiary/aromatic N) is 2. The van der Waals surface area contributed by atoms with Gasteiger partial charge in [-0.1, -0.05) is 79.9 Å². The first-order valence-corrected chi connectivity index (χ1v) is 14.0. The summed E-state index contributed by atoms with van der Waals surface area (Å²) in [4.78, 5) is 28.1. The summed E-state index contributed by atoms with van der Waals surface area (Å²) in [7, 11) is -3.90. The predicted octanol–water partition coefficient (Wildman–Crippen LogP) is 4.65. The Kier molecular flexibility index (Phi) is 10.4. The maximum absolute atomic E-state index is 13.6. The Morgan fingerprint density at radius 3 is 2.23 bits per heavy atom. The third kappa shape index (κ3) is 8.12. The van der Waals surface area contributed by atoms with E-state index in [0.717, 1.165) is 21.7 Å². The van der Waals surface area contributed by atoms with E-state index >= 15 is 0 Å². The van der Waals surface area contributed by atoms with Crippen LogP contribution in [0.1, 0.15) is 38.3 Å². The number of rotatable bonds is 11. The Hall–Kier alpha value is -2.29. The van der Waals surface area contributed by atoms with Crippen LogP contribution in [0.5, 0.6) is 0 Å². The molecule has 0 unspecified atom stereocenters. The number of amides is 2. The molecule has 0 fully saturated rings. The van der Waals surface area contributed by atoms with Crippen molar-refractivity contribution in [3.63, 3.8) is 0 Å². The minimum atomic E-state index is -3.90. The van der Waals surface area contributed by atoms with Gasteiger partial charge in [-0.3, -0.25) is 13.9 Å². The van der Waals surface area contributed by atoms with E-state index in [9.17, 15) is 18.0 Å². The number of carbonyl (C=O) groups excluding carboxylic acids is 2. The molecular weight excluding hydrogens is 509 g/mol. The lowest BCUT2D eigenvalue weighted by molar-refractivity contribution is -0.140. The second-order valence-electron chi connectivity index (χ2n) is 8.91. The molecule has 0 spiro atoms. The standard InChI is InChI=1S/C25H33Cl2N3O4S/c1-6-21(25(32)28-14-17(2)3)29(15-19-12-10-18(4)11-13-19)23(31)16-30(35(5,33)34)22-9-7-8-20(26)24(22)27/h7-13,17,21H,6,14-16H2,1-5H3,(H,28,32)/t21-/m0/s1. The van der Waals surface area contributed by atoms with Gasteiger partial charge in [0.2, 0.25) is 21.8 Å². The summed E-state index contributed by atoms with van der Waals surface area (Å²) >= 11 is 12.4. The monoisotopic (exact) mass is 541 g/mol. The maximum Gasteiger partial charge on any atom is 0.244 e. The predicted molar refractivity (Wildman–Crippen MR) is 142 cm³/mol. The molecule has 0 aromatic heterocycles. The number of sulfonamides is 1. The average molecular weight is 543 g/mol. The highest BCUT2D eigenvalue weighted by molar-refractivity contribution is 7.92. The van der Waals surface area contributed by atoms with E-state index in [0.29, 0.717) is 13.0 Å². The van der Waals surface area contributed by atoms with Crippen LogP contribution in [0.2, 0.25) is 10.0 Å². The van der Waals surface area contributed by atoms with Gasteiger partial charge in [-0.2, -0.15) is 0 Å². The van der Waals surface area contributed by atoms with Gasteiger partial charge in [-0.25, -0.2) is 8.42 Å². The van der Waals surface area contributed by atoms with Crippen LogP contribution in [-0.4, -0.2) is 50.5 Å². The van der Waals surface area contributed by atoms with Gasteiger partial charge < -0.3 is 10.2 Å². The number of hydrogen-bond donors (Lipinski definition) is 1. The minimum absolute atomic E-state index is 0.0270. The largest absolute Gasteiger partial charge is 0.354 e. The second kappa shape index (κ2) is 12.6. The number of anilines is 1. The molecule has 0 saturated heterocycles. The molecule has 0 heterocycles. The Morgan fingerprint density at radius 2 is 1.69 bits per heavy atom. The van der Waals surface area contributed by atoms with E-state index < -0.39 is 28.5 Å². The third-order valence-electron chi connectivity index (χ3n) is 5.42. The fraction of sp³-hybridized carbons (Fsp3) is 0.440. The van der Waals surface area contributed by atoms with Gasteiger partial charge in [0.1, 0.15) is 12.6 Å². The first-order chi connectivity index (χ1) is 16.3. The van der Waals surface area contributed by atoms with Crippen molar-refractivity contribution in [1.82, 2.24) is 10.2 Å². The molecule has 35 heavy (non-hydrogen) atoms. The van der Waals surface area contributed by atoms with Crippen molar-refractivity contribution in [1.29, 1.82) is 0 Å². The Balaban J connectivity index is 2.45. The molecule has 10 heteroatoms. The molecule has 0 aliphatic rings. The molecular formula is C25H33Cl2N3O4S. The molecule has 7 nitrogen and oxygen atoms in total. The van der Waals surface area contributed by atoms with Gasteiger partial charge >= 0.3 is 0 Å². The van der Waals surface area contributed by atoms with E-state index in [1.54, 1.807) is 6.07 Å². The summed E-state index contributed by atoms with van der Waals surface area (Å²) in [5.41, 5.74) is 1.99. The van der Waals surface area contributed by atoms with Crippen LogP contribution >= 0.6 is 23.2 Å². The lowest BCUT2D eigenvalue weighted by Gasteiger charge is -2.33. The van der Waals surface area contributed by atoms with Crippen LogP contribution in [-0.2, 0) is 26.2 Å². The van der Waals surface area contributed by atoms with Gasteiger partial charge in [-0.05, 0) is 37.0 Å². The van der Waals surface area contributed by atoms with Gasteiger partial charge in [0.05, 0.1) is 22.0 Å². The molecule has 1 N–H and O–H groups in total. The summed E-state index contributed by atoms with van der Waals surface area (Å²) in [6, 6.07) is 11.4. The molecule has 192 valence electrons. The molecule has 2 rings (SSSR count). The van der Waals surface area contributed by atoms with Crippen molar-refractivity contribution in [2.24, 2.45) is 5.92 Å². The van der Waals surface area contributed by atoms with Crippen LogP contribution < -0.4 is 9.62 Å². The molecule has 0 bridgehead atoms. The molecule has 0 radical (unpaired) electrons. The normalized spacial score (nSPS) is 12.3. The van der Waals surface area contributed by atoms with Gasteiger partial charge in [0, 0.05) is 13.1 Å². The fourth-order valence-electron chi connectivity index (χ4n) is 3.51.